The van der Waals surface area contributed by atoms with Crippen molar-refractivity contribution >= 4 is 5.97 Å². The molecule has 12 heavy (non-hydrogen) atoms. The van der Waals surface area contributed by atoms with Crippen molar-refractivity contribution in [3.05, 3.63) is 18.6 Å². The molecule has 2 heteroatoms. The summed E-state index contributed by atoms with van der Waals surface area (Å²) < 4.78 is 5.19. The maximum Gasteiger partial charge on any atom is 0.333 e. The molecule has 0 spiro atoms. The average Bonchev–Trinajstić information content (AvgIpc) is 2.06. The highest BCUT2D eigenvalue weighted by molar-refractivity contribution is 5.87. The Balaban J connectivity index is 2.29. The van der Waals surface area contributed by atoms with Gasteiger partial charge >= 0.3 is 5.97 Å². The summed E-state index contributed by atoms with van der Waals surface area (Å²) in [6.45, 7) is 5.22. The lowest BCUT2D eigenvalue weighted by molar-refractivity contribution is -0.145. The third-order valence-corrected chi connectivity index (χ3v) is 2.01. The number of rotatable bonds is 2. The smallest absolute Gasteiger partial charge is 0.333 e. The molecule has 0 heterocycles. The van der Waals surface area contributed by atoms with E-state index >= 15 is 0 Å². The van der Waals surface area contributed by atoms with Gasteiger partial charge < -0.3 is 4.74 Å². The van der Waals surface area contributed by atoms with Crippen LogP contribution >= 0.6 is 0 Å². The van der Waals surface area contributed by atoms with Crippen LogP contribution in [0, 0.1) is 6.42 Å². The van der Waals surface area contributed by atoms with E-state index < -0.39 is 0 Å². The van der Waals surface area contributed by atoms with Crippen LogP contribution in [0.3, 0.4) is 0 Å². The Morgan fingerprint density at radius 2 is 2.08 bits per heavy atom. The Hall–Kier alpha value is -0.790. The first kappa shape index (κ1) is 9.30. The van der Waals surface area contributed by atoms with E-state index in [1.807, 2.05) is 0 Å². The second kappa shape index (κ2) is 4.29. The third kappa shape index (κ3) is 2.68. The maximum absolute atomic E-state index is 11.1. The van der Waals surface area contributed by atoms with Crippen LogP contribution in [0.1, 0.15) is 32.6 Å². The Morgan fingerprint density at radius 1 is 1.50 bits per heavy atom. The van der Waals surface area contributed by atoms with Gasteiger partial charge in [0.15, 0.2) is 0 Å². The average molecular weight is 167 g/mol. The van der Waals surface area contributed by atoms with Gasteiger partial charge in [-0.15, -0.1) is 0 Å². The standard InChI is InChI=1S/C10H15O2/c1-8(2)10(11)12-9-6-4-3-5-7-9/h3,9H,1,4-7H2,2H3. The quantitative estimate of drug-likeness (QED) is 0.465. The molecule has 2 nitrogen and oxygen atoms in total. The highest BCUT2D eigenvalue weighted by atomic mass is 16.5. The molecular weight excluding hydrogens is 152 g/mol. The molecule has 0 saturated heterocycles. The first-order chi connectivity index (χ1) is 5.70. The molecule has 0 N–H and O–H groups in total. The van der Waals surface area contributed by atoms with Gasteiger partial charge in [-0.05, 0) is 39.0 Å². The fraction of sp³-hybridized carbons (Fsp3) is 0.600. The highest BCUT2D eigenvalue weighted by Gasteiger charge is 2.17. The molecule has 1 fully saturated rings. The summed E-state index contributed by atoms with van der Waals surface area (Å²) in [5.74, 6) is -0.248. The summed E-state index contributed by atoms with van der Waals surface area (Å²) in [4.78, 5) is 11.1. The number of carbonyl (C=O) groups is 1. The lowest BCUT2D eigenvalue weighted by atomic mass is 9.98. The second-order valence-electron chi connectivity index (χ2n) is 3.25. The van der Waals surface area contributed by atoms with Crippen molar-refractivity contribution in [2.24, 2.45) is 0 Å². The van der Waals surface area contributed by atoms with Gasteiger partial charge in [0.25, 0.3) is 0 Å². The molecule has 0 bridgehead atoms. The molecule has 0 aromatic rings. The molecule has 1 aliphatic rings. The fourth-order valence-electron chi connectivity index (χ4n) is 1.27. The monoisotopic (exact) mass is 167 g/mol. The summed E-state index contributed by atoms with van der Waals surface area (Å²) >= 11 is 0. The SMILES string of the molecule is C=C(C)C(=O)OC1CC[CH]CC1. The molecule has 1 saturated carbocycles. The number of carbonyl (C=O) groups excluding carboxylic acids is 1. The van der Waals surface area contributed by atoms with Gasteiger partial charge in [-0.3, -0.25) is 0 Å². The zero-order valence-corrected chi connectivity index (χ0v) is 7.51. The predicted molar refractivity (Wildman–Crippen MR) is 47.5 cm³/mol. The van der Waals surface area contributed by atoms with Crippen LogP contribution in [0.5, 0.6) is 0 Å². The van der Waals surface area contributed by atoms with E-state index in [4.69, 9.17) is 4.74 Å². The molecule has 0 aliphatic heterocycles. The van der Waals surface area contributed by atoms with Crippen LogP contribution < -0.4 is 0 Å². The van der Waals surface area contributed by atoms with E-state index in [-0.39, 0.29) is 12.1 Å². The van der Waals surface area contributed by atoms with E-state index in [9.17, 15) is 4.79 Å². The maximum atomic E-state index is 11.1. The molecular formula is C10H15O2. The van der Waals surface area contributed by atoms with E-state index in [2.05, 4.69) is 13.0 Å². The van der Waals surface area contributed by atoms with Crippen molar-refractivity contribution in [3.8, 4) is 0 Å². The number of hydrogen-bond acceptors (Lipinski definition) is 2. The Bertz CT molecular complexity index is 178. The van der Waals surface area contributed by atoms with E-state index in [0.29, 0.717) is 5.57 Å². The van der Waals surface area contributed by atoms with Crippen LogP contribution in [0.25, 0.3) is 0 Å². The topological polar surface area (TPSA) is 26.3 Å². The van der Waals surface area contributed by atoms with Gasteiger partial charge in [0.2, 0.25) is 0 Å². The van der Waals surface area contributed by atoms with Gasteiger partial charge in [0.1, 0.15) is 6.10 Å². The summed E-state index contributed by atoms with van der Waals surface area (Å²) in [5.41, 5.74) is 0.490. The molecule has 1 radical (unpaired) electrons. The number of ether oxygens (including phenoxy) is 1. The second-order valence-corrected chi connectivity index (χ2v) is 3.25. The summed E-state index contributed by atoms with van der Waals surface area (Å²) in [5, 5.41) is 0. The summed E-state index contributed by atoms with van der Waals surface area (Å²) in [6, 6.07) is 0. The minimum atomic E-state index is -0.248. The van der Waals surface area contributed by atoms with Crippen molar-refractivity contribution in [3.63, 3.8) is 0 Å². The van der Waals surface area contributed by atoms with Crippen molar-refractivity contribution in [1.29, 1.82) is 0 Å². The van der Waals surface area contributed by atoms with Gasteiger partial charge in [-0.25, -0.2) is 4.79 Å². The lowest BCUT2D eigenvalue weighted by Crippen LogP contribution is -2.21. The van der Waals surface area contributed by atoms with Crippen LogP contribution in [-0.2, 0) is 9.53 Å². The molecule has 67 valence electrons. The minimum absolute atomic E-state index is 0.124. The first-order valence-corrected chi connectivity index (χ1v) is 4.38. The zero-order chi connectivity index (χ0) is 8.97. The van der Waals surface area contributed by atoms with Crippen LogP contribution in [0.4, 0.5) is 0 Å². The van der Waals surface area contributed by atoms with E-state index in [0.717, 1.165) is 25.7 Å². The van der Waals surface area contributed by atoms with Crippen molar-refractivity contribution < 1.29 is 9.53 Å². The summed E-state index contributed by atoms with van der Waals surface area (Å²) in [6.07, 6.45) is 6.44. The largest absolute Gasteiger partial charge is 0.459 e. The molecule has 0 atom stereocenters. The Kier molecular flexibility index (Phi) is 3.32. The van der Waals surface area contributed by atoms with Gasteiger partial charge in [0, 0.05) is 5.57 Å². The minimum Gasteiger partial charge on any atom is -0.459 e. The molecule has 0 amide bonds. The summed E-state index contributed by atoms with van der Waals surface area (Å²) in [7, 11) is 0. The van der Waals surface area contributed by atoms with Crippen LogP contribution in [-0.4, -0.2) is 12.1 Å². The van der Waals surface area contributed by atoms with Crippen molar-refractivity contribution in [1.82, 2.24) is 0 Å². The van der Waals surface area contributed by atoms with Crippen molar-refractivity contribution in [2.45, 2.75) is 38.7 Å². The molecule has 0 unspecified atom stereocenters. The Labute approximate surface area is 73.6 Å². The molecule has 0 aromatic carbocycles. The molecule has 1 aliphatic carbocycles. The predicted octanol–water partition coefficient (Wildman–Crippen LogP) is 2.25. The number of hydrogen-bond donors (Lipinski definition) is 0. The lowest BCUT2D eigenvalue weighted by Gasteiger charge is -2.21. The van der Waals surface area contributed by atoms with Crippen LogP contribution in [0.15, 0.2) is 12.2 Å². The Morgan fingerprint density at radius 3 is 2.58 bits per heavy atom. The number of esters is 1. The van der Waals surface area contributed by atoms with Crippen molar-refractivity contribution in [2.75, 3.05) is 0 Å². The normalized spacial score (nSPS) is 18.8. The third-order valence-electron chi connectivity index (χ3n) is 2.01. The fourth-order valence-corrected chi connectivity index (χ4v) is 1.27. The van der Waals surface area contributed by atoms with Gasteiger partial charge in [0.05, 0.1) is 0 Å². The van der Waals surface area contributed by atoms with Gasteiger partial charge in [-0.2, -0.15) is 0 Å². The van der Waals surface area contributed by atoms with E-state index in [1.165, 1.54) is 0 Å². The van der Waals surface area contributed by atoms with Gasteiger partial charge in [-0.1, -0.05) is 6.58 Å². The molecule has 0 aromatic heterocycles. The zero-order valence-electron chi connectivity index (χ0n) is 7.51. The van der Waals surface area contributed by atoms with Crippen LogP contribution in [0.2, 0.25) is 0 Å². The highest BCUT2D eigenvalue weighted by Crippen LogP contribution is 2.20. The first-order valence-electron chi connectivity index (χ1n) is 4.38. The molecule has 1 rings (SSSR count). The van der Waals surface area contributed by atoms with E-state index in [1.54, 1.807) is 6.92 Å².